The second-order valence-corrected chi connectivity index (χ2v) is 9.50. The van der Waals surface area contributed by atoms with Gasteiger partial charge in [-0.3, -0.25) is 14.6 Å². The van der Waals surface area contributed by atoms with E-state index in [0.29, 0.717) is 18.9 Å². The Morgan fingerprint density at radius 2 is 1.97 bits per heavy atom. The average Bonchev–Trinajstić information content (AvgIpc) is 3.17. The van der Waals surface area contributed by atoms with Crippen molar-refractivity contribution in [2.45, 2.75) is 51.6 Å². The highest BCUT2D eigenvalue weighted by molar-refractivity contribution is 5.85. The van der Waals surface area contributed by atoms with Gasteiger partial charge >= 0.3 is 0 Å². The minimum atomic E-state index is -0.207. The highest BCUT2D eigenvalue weighted by Gasteiger charge is 2.47. The first kappa shape index (κ1) is 24.2. The van der Waals surface area contributed by atoms with Crippen molar-refractivity contribution in [2.75, 3.05) is 33.3 Å². The van der Waals surface area contributed by atoms with E-state index in [1.807, 2.05) is 54.4 Å². The molecule has 34 heavy (non-hydrogen) atoms. The lowest BCUT2D eigenvalue weighted by atomic mass is 9.77. The Kier molecular flexibility index (Phi) is 7.83. The van der Waals surface area contributed by atoms with Gasteiger partial charge in [0.1, 0.15) is 5.75 Å². The predicted molar refractivity (Wildman–Crippen MR) is 131 cm³/mol. The fourth-order valence-electron chi connectivity index (χ4n) is 5.21. The number of rotatable bonds is 9. The second kappa shape index (κ2) is 11.0. The van der Waals surface area contributed by atoms with Crippen LogP contribution in [0.15, 0.2) is 48.8 Å². The van der Waals surface area contributed by atoms with Gasteiger partial charge in [0, 0.05) is 38.4 Å². The van der Waals surface area contributed by atoms with Crippen molar-refractivity contribution in [3.05, 3.63) is 59.9 Å². The summed E-state index contributed by atoms with van der Waals surface area (Å²) in [7, 11) is 1.66. The summed E-state index contributed by atoms with van der Waals surface area (Å²) in [6, 6.07) is 11.8. The number of carbonyl (C=O) groups is 2. The minimum absolute atomic E-state index is 0.0516. The number of aromatic nitrogens is 1. The smallest absolute Gasteiger partial charge is 0.229 e. The van der Waals surface area contributed by atoms with Crippen LogP contribution >= 0.6 is 0 Å². The van der Waals surface area contributed by atoms with E-state index in [2.05, 4.69) is 15.2 Å². The molecule has 2 aromatic rings. The van der Waals surface area contributed by atoms with Crippen molar-refractivity contribution in [3.8, 4) is 5.75 Å². The van der Waals surface area contributed by atoms with E-state index in [1.54, 1.807) is 13.3 Å². The molecule has 1 atom stereocenters. The van der Waals surface area contributed by atoms with Crippen LogP contribution in [0.4, 0.5) is 0 Å². The number of carbonyl (C=O) groups excluding carboxylic acids is 2. The molecule has 2 fully saturated rings. The van der Waals surface area contributed by atoms with E-state index in [9.17, 15) is 9.59 Å². The van der Waals surface area contributed by atoms with E-state index >= 15 is 0 Å². The van der Waals surface area contributed by atoms with Crippen LogP contribution in [-0.4, -0.2) is 59.9 Å². The topological polar surface area (TPSA) is 74.8 Å². The third kappa shape index (κ3) is 5.58. The third-order valence-electron chi connectivity index (χ3n) is 7.40. The van der Waals surface area contributed by atoms with Crippen molar-refractivity contribution in [1.29, 1.82) is 0 Å². The molecule has 3 heterocycles. The first-order chi connectivity index (χ1) is 16.5. The van der Waals surface area contributed by atoms with Crippen LogP contribution in [0.5, 0.6) is 5.75 Å². The Morgan fingerprint density at radius 3 is 2.68 bits per heavy atom. The maximum Gasteiger partial charge on any atom is 0.229 e. The Morgan fingerprint density at radius 1 is 1.18 bits per heavy atom. The lowest BCUT2D eigenvalue weighted by molar-refractivity contribution is -0.139. The van der Waals surface area contributed by atoms with E-state index in [0.717, 1.165) is 68.7 Å². The average molecular weight is 465 g/mol. The number of nitrogens with one attached hydrogen (secondary N) is 1. The Bertz CT molecular complexity index is 973. The highest BCUT2D eigenvalue weighted by atomic mass is 16.5. The fourth-order valence-corrected chi connectivity index (χ4v) is 5.21. The van der Waals surface area contributed by atoms with Gasteiger partial charge in [0.05, 0.1) is 18.6 Å². The summed E-state index contributed by atoms with van der Waals surface area (Å²) in [4.78, 5) is 34.1. The Labute approximate surface area is 202 Å². The van der Waals surface area contributed by atoms with E-state index in [-0.39, 0.29) is 17.4 Å². The largest absolute Gasteiger partial charge is 0.497 e. The van der Waals surface area contributed by atoms with Crippen LogP contribution in [0.2, 0.25) is 0 Å². The zero-order valence-electron chi connectivity index (χ0n) is 20.3. The number of pyridine rings is 1. The molecule has 1 spiro atoms. The van der Waals surface area contributed by atoms with Crippen molar-refractivity contribution < 1.29 is 14.3 Å². The quantitative estimate of drug-likeness (QED) is 0.614. The zero-order chi connectivity index (χ0) is 24.0. The number of amides is 2. The van der Waals surface area contributed by atoms with Crippen molar-refractivity contribution in [1.82, 2.24) is 20.1 Å². The molecule has 2 amide bonds. The van der Waals surface area contributed by atoms with Gasteiger partial charge in [-0.05, 0) is 68.1 Å². The van der Waals surface area contributed by atoms with Gasteiger partial charge in [0.15, 0.2) is 0 Å². The van der Waals surface area contributed by atoms with E-state index in [4.69, 9.17) is 4.74 Å². The summed E-state index contributed by atoms with van der Waals surface area (Å²) in [5, 5.41) is 3.17. The lowest BCUT2D eigenvalue weighted by Crippen LogP contribution is -2.45. The Balaban J connectivity index is 1.32. The first-order valence-corrected chi connectivity index (χ1v) is 12.4. The summed E-state index contributed by atoms with van der Waals surface area (Å²) >= 11 is 0. The highest BCUT2D eigenvalue weighted by Crippen LogP contribution is 2.42. The van der Waals surface area contributed by atoms with Gasteiger partial charge in [0.2, 0.25) is 11.8 Å². The van der Waals surface area contributed by atoms with Gasteiger partial charge < -0.3 is 19.9 Å². The van der Waals surface area contributed by atoms with Gasteiger partial charge in [0.25, 0.3) is 0 Å². The SMILES string of the molecule is CCC(=O)NC(CCN1CCC2(CC1)CCN(Cc1cccnc1)C2=O)c1cccc(OC)c1. The molecule has 7 nitrogen and oxygen atoms in total. The van der Waals surface area contributed by atoms with Crippen molar-refractivity contribution >= 4 is 11.8 Å². The third-order valence-corrected chi connectivity index (χ3v) is 7.40. The van der Waals surface area contributed by atoms with Crippen LogP contribution in [0, 0.1) is 5.41 Å². The summed E-state index contributed by atoms with van der Waals surface area (Å²) in [5.41, 5.74) is 1.94. The number of piperidine rings is 1. The maximum absolute atomic E-state index is 13.3. The summed E-state index contributed by atoms with van der Waals surface area (Å²) < 4.78 is 5.38. The number of hydrogen-bond donors (Lipinski definition) is 1. The molecular formula is C27H36N4O3. The molecule has 1 N–H and O–H groups in total. The molecule has 2 aliphatic heterocycles. The number of methoxy groups -OCH3 is 1. The molecule has 0 saturated carbocycles. The second-order valence-electron chi connectivity index (χ2n) is 9.50. The standard InChI is InChI=1S/C27H36N4O3/c1-3-25(32)29-24(22-7-4-8-23(18-22)34-2)9-14-30-15-10-27(11-16-30)12-17-31(26(27)33)20-21-6-5-13-28-19-21/h4-8,13,18-19,24H,3,9-12,14-17,20H2,1-2H3,(H,29,32). The molecule has 2 aliphatic rings. The number of likely N-dealkylation sites (tertiary alicyclic amines) is 2. The molecule has 2 saturated heterocycles. The van der Waals surface area contributed by atoms with E-state index in [1.165, 1.54) is 0 Å². The molecule has 1 unspecified atom stereocenters. The number of nitrogens with zero attached hydrogens (tertiary/aromatic N) is 3. The molecule has 7 heteroatoms. The van der Waals surface area contributed by atoms with Crippen LogP contribution in [0.1, 0.15) is 56.2 Å². The van der Waals surface area contributed by atoms with Crippen LogP contribution in [0.25, 0.3) is 0 Å². The van der Waals surface area contributed by atoms with E-state index < -0.39 is 0 Å². The van der Waals surface area contributed by atoms with Crippen molar-refractivity contribution in [2.24, 2.45) is 5.41 Å². The maximum atomic E-state index is 13.3. The number of hydrogen-bond acceptors (Lipinski definition) is 5. The van der Waals surface area contributed by atoms with Gasteiger partial charge in [-0.1, -0.05) is 25.1 Å². The zero-order valence-corrected chi connectivity index (χ0v) is 20.3. The lowest BCUT2D eigenvalue weighted by Gasteiger charge is -2.38. The number of ether oxygens (including phenoxy) is 1. The van der Waals surface area contributed by atoms with Gasteiger partial charge in [-0.25, -0.2) is 0 Å². The molecule has 1 aromatic carbocycles. The summed E-state index contributed by atoms with van der Waals surface area (Å²) in [6.07, 6.45) is 7.65. The van der Waals surface area contributed by atoms with Crippen molar-refractivity contribution in [3.63, 3.8) is 0 Å². The molecule has 1 aromatic heterocycles. The monoisotopic (exact) mass is 464 g/mol. The normalized spacial score (nSPS) is 18.8. The molecular weight excluding hydrogens is 428 g/mol. The predicted octanol–water partition coefficient (Wildman–Crippen LogP) is 3.56. The molecule has 4 rings (SSSR count). The molecule has 0 aliphatic carbocycles. The van der Waals surface area contributed by atoms with Crippen LogP contribution < -0.4 is 10.1 Å². The summed E-state index contributed by atoms with van der Waals surface area (Å²) in [6.45, 7) is 6.07. The Hall–Kier alpha value is -2.93. The molecule has 0 bridgehead atoms. The van der Waals surface area contributed by atoms with Crippen LogP contribution in [0.3, 0.4) is 0 Å². The number of benzene rings is 1. The molecule has 182 valence electrons. The van der Waals surface area contributed by atoms with Crippen LogP contribution in [-0.2, 0) is 16.1 Å². The van der Waals surface area contributed by atoms with Gasteiger partial charge in [-0.15, -0.1) is 0 Å². The summed E-state index contributed by atoms with van der Waals surface area (Å²) in [5.74, 6) is 1.15. The first-order valence-electron chi connectivity index (χ1n) is 12.4. The minimum Gasteiger partial charge on any atom is -0.497 e. The van der Waals surface area contributed by atoms with Gasteiger partial charge in [-0.2, -0.15) is 0 Å². The molecule has 0 radical (unpaired) electrons. The fraction of sp³-hybridized carbons (Fsp3) is 0.519.